The summed E-state index contributed by atoms with van der Waals surface area (Å²) in [6.07, 6.45) is 1.70. The van der Waals surface area contributed by atoms with E-state index >= 15 is 4.39 Å². The standard InChI is InChI=1S/C30H38F2N6O4/c1-18-16-37(29(39)42-30(2,3)4)13-14-38(18)27-20-15-22(32)25(24-21(31)10-7-11-23(24)40-6)33-26(20)34-28(35-27)41-17-19-9-8-12-36(19)5/h7,10-11,15,18-19H,8-9,12-14,16-17H2,1-6H3/t18-,19?/m1/s1. The predicted molar refractivity (Wildman–Crippen MR) is 155 cm³/mol. The minimum atomic E-state index is -0.739. The second-order valence-corrected chi connectivity index (χ2v) is 11.9. The number of nitrogens with zero attached hydrogens (tertiary/aromatic N) is 6. The number of carbonyl (C=O) groups excluding carboxylic acids is 1. The molecular formula is C30H38F2N6O4. The maximum atomic E-state index is 15.7. The van der Waals surface area contributed by atoms with E-state index in [0.717, 1.165) is 19.4 Å². The third kappa shape index (κ3) is 6.18. The number of aromatic nitrogens is 3. The van der Waals surface area contributed by atoms with Gasteiger partial charge in [-0.05, 0) is 72.3 Å². The lowest BCUT2D eigenvalue weighted by molar-refractivity contribution is 0.0218. The van der Waals surface area contributed by atoms with Gasteiger partial charge >= 0.3 is 12.1 Å². The molecule has 10 nitrogen and oxygen atoms in total. The predicted octanol–water partition coefficient (Wildman–Crippen LogP) is 4.90. The molecule has 0 aliphatic carbocycles. The number of pyridine rings is 1. The van der Waals surface area contributed by atoms with Crippen LogP contribution in [0.3, 0.4) is 0 Å². The maximum absolute atomic E-state index is 15.7. The van der Waals surface area contributed by atoms with Gasteiger partial charge < -0.3 is 28.9 Å². The summed E-state index contributed by atoms with van der Waals surface area (Å²) in [4.78, 5) is 32.4. The first-order chi connectivity index (χ1) is 19.9. The number of likely N-dealkylation sites (tertiary alicyclic amines) is 1. The highest BCUT2D eigenvalue weighted by atomic mass is 19.1. The van der Waals surface area contributed by atoms with Gasteiger partial charge in [0.1, 0.15) is 35.3 Å². The monoisotopic (exact) mass is 584 g/mol. The van der Waals surface area contributed by atoms with E-state index in [0.29, 0.717) is 37.4 Å². The minimum absolute atomic E-state index is 0.0889. The first-order valence-corrected chi connectivity index (χ1v) is 14.2. The zero-order valence-corrected chi connectivity index (χ0v) is 25.0. The van der Waals surface area contributed by atoms with Gasteiger partial charge in [-0.1, -0.05) is 6.07 Å². The number of fused-ring (bicyclic) bond motifs is 1. The summed E-state index contributed by atoms with van der Waals surface area (Å²) in [5.74, 6) is -0.814. The number of ether oxygens (including phenoxy) is 3. The number of benzene rings is 1. The zero-order chi connectivity index (χ0) is 30.2. The molecule has 2 fully saturated rings. The number of rotatable bonds is 6. The Labute approximate surface area is 244 Å². The number of piperazine rings is 1. The SMILES string of the molecule is COc1cccc(F)c1-c1nc2nc(OCC3CCCN3C)nc(N3CCN(C(=O)OC(C)(C)C)C[C@H]3C)c2cc1F. The second-order valence-electron chi connectivity index (χ2n) is 11.9. The van der Waals surface area contributed by atoms with Crippen LogP contribution in [-0.4, -0.2) is 95.5 Å². The fourth-order valence-electron chi connectivity index (χ4n) is 5.48. The molecule has 1 unspecified atom stereocenters. The van der Waals surface area contributed by atoms with Gasteiger partial charge in [-0.25, -0.2) is 18.6 Å². The fraction of sp³-hybridized carbons (Fsp3) is 0.533. The van der Waals surface area contributed by atoms with Crippen LogP contribution in [0.15, 0.2) is 24.3 Å². The molecule has 5 rings (SSSR count). The third-order valence-corrected chi connectivity index (χ3v) is 7.66. The van der Waals surface area contributed by atoms with Crippen LogP contribution < -0.4 is 14.4 Å². The van der Waals surface area contributed by atoms with Crippen LogP contribution in [0.25, 0.3) is 22.3 Å². The molecule has 12 heteroatoms. The van der Waals surface area contributed by atoms with Gasteiger partial charge in [0.2, 0.25) is 0 Å². The second kappa shape index (κ2) is 11.8. The van der Waals surface area contributed by atoms with Gasteiger partial charge in [-0.15, -0.1) is 0 Å². The van der Waals surface area contributed by atoms with Gasteiger partial charge in [0.15, 0.2) is 11.5 Å². The molecule has 2 atom stereocenters. The third-order valence-electron chi connectivity index (χ3n) is 7.66. The van der Waals surface area contributed by atoms with Gasteiger partial charge in [0.05, 0.1) is 18.1 Å². The van der Waals surface area contributed by atoms with E-state index in [1.807, 2.05) is 32.6 Å². The molecular weight excluding hydrogens is 546 g/mol. The summed E-state index contributed by atoms with van der Waals surface area (Å²) in [7, 11) is 3.44. The molecule has 0 saturated carbocycles. The Morgan fingerprint density at radius 1 is 1.10 bits per heavy atom. The van der Waals surface area contributed by atoms with Crippen LogP contribution in [-0.2, 0) is 4.74 Å². The van der Waals surface area contributed by atoms with E-state index in [2.05, 4.69) is 21.9 Å². The van der Waals surface area contributed by atoms with Crippen molar-refractivity contribution in [1.29, 1.82) is 0 Å². The normalized spacial score (nSPS) is 19.8. The van der Waals surface area contributed by atoms with E-state index in [4.69, 9.17) is 19.2 Å². The van der Waals surface area contributed by atoms with Crippen molar-refractivity contribution in [3.05, 3.63) is 35.9 Å². The number of hydrogen-bond acceptors (Lipinski definition) is 9. The number of carbonyl (C=O) groups is 1. The molecule has 2 aliphatic heterocycles. The number of likely N-dealkylation sites (N-methyl/N-ethyl adjacent to an activating group) is 1. The number of halogens is 2. The maximum Gasteiger partial charge on any atom is 0.410 e. The van der Waals surface area contributed by atoms with Crippen LogP contribution >= 0.6 is 0 Å². The average molecular weight is 585 g/mol. The molecule has 226 valence electrons. The molecule has 0 radical (unpaired) electrons. The first kappa shape index (κ1) is 29.7. The fourth-order valence-corrected chi connectivity index (χ4v) is 5.48. The van der Waals surface area contributed by atoms with Gasteiger partial charge in [0, 0.05) is 31.7 Å². The lowest BCUT2D eigenvalue weighted by Crippen LogP contribution is -2.55. The van der Waals surface area contributed by atoms with Crippen molar-refractivity contribution in [3.8, 4) is 23.0 Å². The summed E-state index contributed by atoms with van der Waals surface area (Å²) >= 11 is 0. The van der Waals surface area contributed by atoms with Crippen molar-refractivity contribution in [2.45, 2.75) is 58.2 Å². The van der Waals surface area contributed by atoms with Gasteiger partial charge in [-0.3, -0.25) is 0 Å². The van der Waals surface area contributed by atoms with Crippen molar-refractivity contribution < 1.29 is 27.8 Å². The molecule has 2 aromatic heterocycles. The van der Waals surface area contributed by atoms with Crippen LogP contribution in [0.4, 0.5) is 19.4 Å². The lowest BCUT2D eigenvalue weighted by atomic mass is 10.1. The van der Waals surface area contributed by atoms with Crippen molar-refractivity contribution >= 4 is 22.9 Å². The zero-order valence-electron chi connectivity index (χ0n) is 25.0. The Hall–Kier alpha value is -3.80. The smallest absolute Gasteiger partial charge is 0.410 e. The van der Waals surface area contributed by atoms with Crippen molar-refractivity contribution in [3.63, 3.8) is 0 Å². The number of methoxy groups -OCH3 is 1. The van der Waals surface area contributed by atoms with Crippen molar-refractivity contribution in [2.75, 3.05) is 51.8 Å². The van der Waals surface area contributed by atoms with E-state index < -0.39 is 17.2 Å². The Kier molecular flexibility index (Phi) is 8.36. The van der Waals surface area contributed by atoms with Crippen LogP contribution in [0, 0.1) is 11.6 Å². The number of amides is 1. The van der Waals surface area contributed by atoms with Gasteiger partial charge in [-0.2, -0.15) is 9.97 Å². The summed E-state index contributed by atoms with van der Waals surface area (Å²) in [6, 6.07) is 5.68. The van der Waals surface area contributed by atoms with Crippen LogP contribution in [0.1, 0.15) is 40.5 Å². The van der Waals surface area contributed by atoms with Crippen LogP contribution in [0.2, 0.25) is 0 Å². The highest BCUT2D eigenvalue weighted by Crippen LogP contribution is 2.36. The molecule has 1 amide bonds. The summed E-state index contributed by atoms with van der Waals surface area (Å²) < 4.78 is 47.6. The molecule has 3 aromatic rings. The first-order valence-electron chi connectivity index (χ1n) is 14.2. The van der Waals surface area contributed by atoms with E-state index in [1.54, 1.807) is 11.0 Å². The summed E-state index contributed by atoms with van der Waals surface area (Å²) in [5, 5.41) is 0.356. The molecule has 0 N–H and O–H groups in total. The molecule has 4 heterocycles. The quantitative estimate of drug-likeness (QED) is 0.401. The van der Waals surface area contributed by atoms with Gasteiger partial charge in [0.25, 0.3) is 0 Å². The number of anilines is 1. The largest absolute Gasteiger partial charge is 0.496 e. The Morgan fingerprint density at radius 3 is 2.55 bits per heavy atom. The summed E-state index contributed by atoms with van der Waals surface area (Å²) in [6.45, 7) is 10.0. The highest BCUT2D eigenvalue weighted by molar-refractivity contribution is 5.90. The molecule has 0 bridgehead atoms. The molecule has 2 saturated heterocycles. The Morgan fingerprint density at radius 2 is 1.88 bits per heavy atom. The molecule has 2 aliphatic rings. The molecule has 1 aromatic carbocycles. The summed E-state index contributed by atoms with van der Waals surface area (Å²) in [5.41, 5.74) is -0.750. The topological polar surface area (TPSA) is 93.2 Å². The average Bonchev–Trinajstić information content (AvgIpc) is 3.34. The van der Waals surface area contributed by atoms with Crippen LogP contribution in [0.5, 0.6) is 11.8 Å². The van der Waals surface area contributed by atoms with E-state index in [1.165, 1.54) is 25.3 Å². The number of hydrogen-bond donors (Lipinski definition) is 0. The Bertz CT molecular complexity index is 1470. The van der Waals surface area contributed by atoms with Crippen molar-refractivity contribution in [2.24, 2.45) is 0 Å². The van der Waals surface area contributed by atoms with Crippen molar-refractivity contribution in [1.82, 2.24) is 24.8 Å². The van der Waals surface area contributed by atoms with E-state index in [9.17, 15) is 9.18 Å². The lowest BCUT2D eigenvalue weighted by Gasteiger charge is -2.41. The molecule has 0 spiro atoms. The minimum Gasteiger partial charge on any atom is -0.496 e. The highest BCUT2D eigenvalue weighted by Gasteiger charge is 2.33. The molecule has 42 heavy (non-hydrogen) atoms. The van der Waals surface area contributed by atoms with E-state index in [-0.39, 0.29) is 46.8 Å². The Balaban J connectivity index is 1.54.